The summed E-state index contributed by atoms with van der Waals surface area (Å²) in [6, 6.07) is 14.1. The van der Waals surface area contributed by atoms with E-state index in [1.807, 2.05) is 54.8 Å². The molecule has 0 aliphatic rings. The average Bonchev–Trinajstić information content (AvgIpc) is 3.08. The highest BCUT2D eigenvalue weighted by molar-refractivity contribution is 5.79. The summed E-state index contributed by atoms with van der Waals surface area (Å²) in [5.74, 6) is 2.48. The number of aliphatic imine (C=N–C) groups is 1. The molecule has 0 radical (unpaired) electrons. The minimum absolute atomic E-state index is 0.189. The van der Waals surface area contributed by atoms with Crippen LogP contribution in [0.2, 0.25) is 0 Å². The minimum Gasteiger partial charge on any atom is -0.491 e. The van der Waals surface area contributed by atoms with Gasteiger partial charge in [-0.1, -0.05) is 18.2 Å². The molecule has 27 heavy (non-hydrogen) atoms. The van der Waals surface area contributed by atoms with Gasteiger partial charge in [-0.3, -0.25) is 9.39 Å². The van der Waals surface area contributed by atoms with Gasteiger partial charge in [0.15, 0.2) is 17.4 Å². The molecule has 0 atom stereocenters. The lowest BCUT2D eigenvalue weighted by atomic mass is 10.1. The Bertz CT molecular complexity index is 885. The molecule has 0 aliphatic heterocycles. The van der Waals surface area contributed by atoms with Gasteiger partial charge in [0.25, 0.3) is 0 Å². The third kappa shape index (κ3) is 5.20. The van der Waals surface area contributed by atoms with Crippen molar-refractivity contribution in [1.29, 1.82) is 0 Å². The molecule has 0 aliphatic carbocycles. The second-order valence-corrected chi connectivity index (χ2v) is 6.46. The van der Waals surface area contributed by atoms with Gasteiger partial charge in [0.05, 0.1) is 12.6 Å². The van der Waals surface area contributed by atoms with Gasteiger partial charge in [-0.2, -0.15) is 0 Å². The van der Waals surface area contributed by atoms with E-state index in [1.54, 1.807) is 7.05 Å². The number of ether oxygens (including phenoxy) is 1. The molecule has 1 aromatic carbocycles. The minimum atomic E-state index is 0.189. The van der Waals surface area contributed by atoms with Crippen LogP contribution in [0, 0.1) is 0 Å². The zero-order valence-corrected chi connectivity index (χ0v) is 16.0. The third-order valence-electron chi connectivity index (χ3n) is 4.02. The lowest BCUT2D eigenvalue weighted by Gasteiger charge is -2.12. The predicted octanol–water partition coefficient (Wildman–Crippen LogP) is 2.42. The smallest absolute Gasteiger partial charge is 0.191 e. The topological polar surface area (TPSA) is 75.8 Å². The molecule has 0 fully saturated rings. The van der Waals surface area contributed by atoms with E-state index in [9.17, 15) is 0 Å². The fourth-order valence-corrected chi connectivity index (χ4v) is 2.73. The standard InChI is InChI=1S/C20H26N6O/c1-15(2)27-17-9-7-16(8-10-17)11-12-22-20(21-3)23-14-19-25-24-18-6-4-5-13-26(18)19/h4-10,13,15H,11-12,14H2,1-3H3,(H2,21,22,23). The quantitative estimate of drug-likeness (QED) is 0.496. The maximum Gasteiger partial charge on any atom is 0.191 e. The van der Waals surface area contributed by atoms with Gasteiger partial charge in [-0.15, -0.1) is 10.2 Å². The van der Waals surface area contributed by atoms with Crippen LogP contribution in [0.5, 0.6) is 5.75 Å². The van der Waals surface area contributed by atoms with Crippen molar-refractivity contribution in [1.82, 2.24) is 25.2 Å². The van der Waals surface area contributed by atoms with Crippen molar-refractivity contribution in [2.24, 2.45) is 4.99 Å². The molecule has 0 bridgehead atoms. The second kappa shape index (κ2) is 9.02. The van der Waals surface area contributed by atoms with Crippen molar-refractivity contribution in [2.75, 3.05) is 13.6 Å². The van der Waals surface area contributed by atoms with Gasteiger partial charge in [-0.05, 0) is 50.1 Å². The highest BCUT2D eigenvalue weighted by atomic mass is 16.5. The summed E-state index contributed by atoms with van der Waals surface area (Å²) in [7, 11) is 1.76. The van der Waals surface area contributed by atoms with E-state index in [2.05, 4.69) is 38.0 Å². The Labute approximate surface area is 159 Å². The van der Waals surface area contributed by atoms with E-state index in [-0.39, 0.29) is 6.10 Å². The second-order valence-electron chi connectivity index (χ2n) is 6.46. The molecule has 142 valence electrons. The maximum absolute atomic E-state index is 5.67. The van der Waals surface area contributed by atoms with Gasteiger partial charge in [0, 0.05) is 19.8 Å². The van der Waals surface area contributed by atoms with Crippen LogP contribution in [0.15, 0.2) is 53.7 Å². The number of aromatic nitrogens is 3. The van der Waals surface area contributed by atoms with Crippen LogP contribution in [0.1, 0.15) is 25.2 Å². The van der Waals surface area contributed by atoms with E-state index in [0.29, 0.717) is 6.54 Å². The summed E-state index contributed by atoms with van der Waals surface area (Å²) in [6.07, 6.45) is 3.04. The summed E-state index contributed by atoms with van der Waals surface area (Å²) < 4.78 is 7.63. The lowest BCUT2D eigenvalue weighted by Crippen LogP contribution is -2.38. The van der Waals surface area contributed by atoms with Crippen molar-refractivity contribution in [3.05, 3.63) is 60.0 Å². The number of nitrogens with zero attached hydrogens (tertiary/aromatic N) is 4. The summed E-state index contributed by atoms with van der Waals surface area (Å²) in [6.45, 7) is 5.38. The summed E-state index contributed by atoms with van der Waals surface area (Å²) in [5, 5.41) is 15.0. The molecule has 3 rings (SSSR count). The van der Waals surface area contributed by atoms with Crippen LogP contribution < -0.4 is 15.4 Å². The van der Waals surface area contributed by atoms with Crippen molar-refractivity contribution in [2.45, 2.75) is 32.9 Å². The average molecular weight is 366 g/mol. The number of fused-ring (bicyclic) bond motifs is 1. The number of hydrogen-bond donors (Lipinski definition) is 2. The molecule has 0 amide bonds. The normalized spacial score (nSPS) is 11.8. The Morgan fingerprint density at radius 3 is 2.67 bits per heavy atom. The molecule has 2 N–H and O–H groups in total. The highest BCUT2D eigenvalue weighted by Crippen LogP contribution is 2.13. The summed E-state index contributed by atoms with van der Waals surface area (Å²) in [5.41, 5.74) is 2.08. The van der Waals surface area contributed by atoms with Gasteiger partial charge < -0.3 is 15.4 Å². The zero-order chi connectivity index (χ0) is 19.1. The molecule has 0 spiro atoms. The first-order valence-electron chi connectivity index (χ1n) is 9.14. The van der Waals surface area contributed by atoms with E-state index in [4.69, 9.17) is 4.74 Å². The molecule has 3 aromatic rings. The molecule has 7 nitrogen and oxygen atoms in total. The fourth-order valence-electron chi connectivity index (χ4n) is 2.73. The van der Waals surface area contributed by atoms with Crippen LogP contribution in [0.25, 0.3) is 5.65 Å². The van der Waals surface area contributed by atoms with Gasteiger partial charge in [0.1, 0.15) is 5.75 Å². The van der Waals surface area contributed by atoms with Crippen LogP contribution in [0.4, 0.5) is 0 Å². The molecule has 0 unspecified atom stereocenters. The molecular formula is C20H26N6O. The number of nitrogens with one attached hydrogen (secondary N) is 2. The first-order chi connectivity index (χ1) is 13.2. The van der Waals surface area contributed by atoms with Crippen LogP contribution in [0.3, 0.4) is 0 Å². The van der Waals surface area contributed by atoms with E-state index in [0.717, 1.165) is 36.1 Å². The monoisotopic (exact) mass is 366 g/mol. The van der Waals surface area contributed by atoms with E-state index < -0.39 is 0 Å². The fraction of sp³-hybridized carbons (Fsp3) is 0.350. The Morgan fingerprint density at radius 1 is 1.11 bits per heavy atom. The van der Waals surface area contributed by atoms with Crippen LogP contribution >= 0.6 is 0 Å². The number of guanidine groups is 1. The van der Waals surface area contributed by atoms with Crippen molar-refractivity contribution < 1.29 is 4.74 Å². The highest BCUT2D eigenvalue weighted by Gasteiger charge is 2.05. The SMILES string of the molecule is CN=C(NCCc1ccc(OC(C)C)cc1)NCc1nnc2ccccn12. The van der Waals surface area contributed by atoms with Crippen molar-refractivity contribution in [3.63, 3.8) is 0 Å². The predicted molar refractivity (Wildman–Crippen MR) is 107 cm³/mol. The van der Waals surface area contributed by atoms with Crippen LogP contribution in [-0.2, 0) is 13.0 Å². The summed E-state index contributed by atoms with van der Waals surface area (Å²) in [4.78, 5) is 4.26. The van der Waals surface area contributed by atoms with Gasteiger partial charge in [0.2, 0.25) is 0 Å². The first-order valence-corrected chi connectivity index (χ1v) is 9.14. The largest absolute Gasteiger partial charge is 0.491 e. The third-order valence-corrected chi connectivity index (χ3v) is 4.02. The molecule has 0 saturated carbocycles. The summed E-state index contributed by atoms with van der Waals surface area (Å²) >= 11 is 0. The maximum atomic E-state index is 5.67. The Balaban J connectivity index is 1.46. The first kappa shape index (κ1) is 18.7. The van der Waals surface area contributed by atoms with Crippen molar-refractivity contribution >= 4 is 11.6 Å². The molecule has 2 aromatic heterocycles. The Hall–Kier alpha value is -3.09. The van der Waals surface area contributed by atoms with E-state index in [1.165, 1.54) is 5.56 Å². The molecule has 2 heterocycles. The van der Waals surface area contributed by atoms with Crippen molar-refractivity contribution in [3.8, 4) is 5.75 Å². The lowest BCUT2D eigenvalue weighted by molar-refractivity contribution is 0.242. The Kier molecular flexibility index (Phi) is 6.25. The zero-order valence-electron chi connectivity index (χ0n) is 16.0. The Morgan fingerprint density at radius 2 is 1.93 bits per heavy atom. The van der Waals surface area contributed by atoms with Gasteiger partial charge >= 0.3 is 0 Å². The van der Waals surface area contributed by atoms with Crippen LogP contribution in [-0.4, -0.2) is 40.3 Å². The molecular weight excluding hydrogens is 340 g/mol. The number of benzene rings is 1. The molecule has 7 heteroatoms. The molecule has 0 saturated heterocycles. The number of pyridine rings is 1. The van der Waals surface area contributed by atoms with E-state index >= 15 is 0 Å². The van der Waals surface area contributed by atoms with Gasteiger partial charge in [-0.25, -0.2) is 0 Å². The number of rotatable bonds is 7. The number of hydrogen-bond acceptors (Lipinski definition) is 4.